The molecule has 10 rings (SSSR count). The van der Waals surface area contributed by atoms with Gasteiger partial charge in [-0.3, -0.25) is 9.45 Å². The third-order valence-electron chi connectivity index (χ3n) is 14.4. The predicted octanol–water partition coefficient (Wildman–Crippen LogP) is 15.0. The van der Waals surface area contributed by atoms with Crippen LogP contribution in [0.3, 0.4) is 0 Å². The molecule has 0 bridgehead atoms. The van der Waals surface area contributed by atoms with Crippen LogP contribution in [0.5, 0.6) is 0 Å². The molecule has 0 unspecified atom stereocenters. The highest BCUT2D eigenvalue weighted by Crippen LogP contribution is 2.47. The van der Waals surface area contributed by atoms with Crippen molar-refractivity contribution in [3.63, 3.8) is 0 Å². The van der Waals surface area contributed by atoms with E-state index < -0.39 is 8.24 Å². The molecule has 2 spiro atoms. The van der Waals surface area contributed by atoms with Crippen molar-refractivity contribution in [2.75, 3.05) is 0 Å². The van der Waals surface area contributed by atoms with Crippen molar-refractivity contribution in [3.8, 4) is 28.4 Å². The smallest absolute Gasteiger partial charge is 0.205 e. The number of hydrogen-bond donors (Lipinski definition) is 0. The van der Waals surface area contributed by atoms with E-state index in [0.29, 0.717) is 17.2 Å². The van der Waals surface area contributed by atoms with Crippen molar-refractivity contribution in [1.82, 2.24) is 0 Å². The van der Waals surface area contributed by atoms with E-state index in [2.05, 4.69) is 143 Å². The van der Waals surface area contributed by atoms with E-state index >= 15 is 0 Å². The molecule has 0 aliphatic heterocycles. The van der Waals surface area contributed by atoms with Crippen molar-refractivity contribution < 1.29 is 4.79 Å². The molecule has 6 aromatic carbocycles. The minimum Gasteiger partial charge on any atom is -0.294 e. The van der Waals surface area contributed by atoms with Crippen LogP contribution in [0.25, 0.3) is 31.9 Å². The van der Waals surface area contributed by atoms with Gasteiger partial charge in [-0.1, -0.05) is 109 Å². The molecule has 4 aliphatic rings. The highest BCUT2D eigenvalue weighted by molar-refractivity contribution is 6.75. The minimum atomic E-state index is -1.21. The topological polar surface area (TPSA) is 74.3 Å². The Morgan fingerprint density at radius 1 is 0.537 bits per heavy atom. The Bertz CT molecular complexity index is 3000. The fourth-order valence-corrected chi connectivity index (χ4v) is 11.2. The van der Waals surface area contributed by atoms with Crippen LogP contribution in [0.1, 0.15) is 87.8 Å². The zero-order valence-electron chi connectivity index (χ0n) is 39.0. The molecule has 7 heteroatoms. The lowest BCUT2D eigenvalue weighted by Crippen LogP contribution is -2.37. The number of aliphatic imine (C=N–C) groups is 1. The van der Waals surface area contributed by atoms with E-state index in [9.17, 15) is 10.1 Å². The molecule has 0 atom stereocenters. The van der Waals surface area contributed by atoms with Gasteiger partial charge in [0.1, 0.15) is 0 Å². The number of rotatable bonds is 3. The zero-order valence-corrected chi connectivity index (χ0v) is 40.0. The summed E-state index contributed by atoms with van der Waals surface area (Å²) in [5, 5.41) is 9.59. The highest BCUT2D eigenvalue weighted by Gasteiger charge is 2.44. The summed E-state index contributed by atoms with van der Waals surface area (Å²) in [6.07, 6.45) is 14.1. The fraction of sp³-hybridized carbons (Fsp3) is 0.283. The standard InChI is InChI=1S/C28H23N3.C27H23NO.C5H11NSi/c1-30-25-8-4-7-23(17-25)24-10-9-22-13-16-28(27(31-19-29)26(22)18-24)14-11-20-5-2-3-6-21(20)12-15-28;1-28-24-8-4-7-22(17-24)23-10-9-21-13-16-27(26(29)25(21)18-23)14-11-19-5-2-3-6-20(19)12-15-27;1-5-6-7(2,3)4/h2-10,17-18H,11-16H2;2-10,17-18H,11-16H2;1H2,2-4H3. The van der Waals surface area contributed by atoms with Crippen LogP contribution >= 0.6 is 0 Å². The molecule has 0 heterocycles. The van der Waals surface area contributed by atoms with Gasteiger partial charge in [-0.15, -0.1) is 0 Å². The van der Waals surface area contributed by atoms with Crippen LogP contribution in [0.4, 0.5) is 11.4 Å². The number of carbonyl (C=O) groups is 1. The lowest BCUT2D eigenvalue weighted by atomic mass is 9.65. The molecule has 0 fully saturated rings. The van der Waals surface area contributed by atoms with Crippen LogP contribution in [-0.4, -0.2) is 25.6 Å². The number of nitriles is 1. The molecule has 0 saturated heterocycles. The molecule has 4 aliphatic carbocycles. The predicted molar refractivity (Wildman–Crippen MR) is 277 cm³/mol. The molecule has 67 heavy (non-hydrogen) atoms. The summed E-state index contributed by atoms with van der Waals surface area (Å²) in [4.78, 5) is 25.3. The van der Waals surface area contributed by atoms with Crippen LogP contribution in [-0.2, 0) is 38.5 Å². The molecular formula is C60H57N5OSi. The van der Waals surface area contributed by atoms with E-state index in [0.717, 1.165) is 116 Å². The summed E-state index contributed by atoms with van der Waals surface area (Å²) in [5.74, 6) is 2.87. The molecule has 6 nitrogen and oxygen atoms in total. The van der Waals surface area contributed by atoms with Crippen molar-refractivity contribution >= 4 is 37.0 Å². The second-order valence-electron chi connectivity index (χ2n) is 19.5. The average molecular weight is 892 g/mol. The van der Waals surface area contributed by atoms with Crippen molar-refractivity contribution in [2.45, 2.75) is 96.7 Å². The van der Waals surface area contributed by atoms with Gasteiger partial charge in [-0.25, -0.2) is 9.69 Å². The Kier molecular flexibility index (Phi) is 13.9. The first-order valence-electron chi connectivity index (χ1n) is 23.6. The minimum absolute atomic E-state index is 0.0568. The van der Waals surface area contributed by atoms with E-state index in [1.807, 2.05) is 48.5 Å². The summed E-state index contributed by atoms with van der Waals surface area (Å²) >= 11 is 0. The Hall–Kier alpha value is -7.20. The monoisotopic (exact) mass is 891 g/mol. The SMILES string of the molecule is C=C=N[Si](C)(C)C.[C-]#[N+]c1cccc(-c2ccc3c(c2)C(=NC#N)C2(CCc4ccccc4CC2)CC3)c1.[C-]#[N+]c1cccc(-c2ccc3c(c2)C(=O)C2(CCc4ccccc4CC2)CC3)c1. The van der Waals surface area contributed by atoms with Gasteiger partial charge < -0.3 is 0 Å². The quantitative estimate of drug-likeness (QED) is 0.0768. The van der Waals surface area contributed by atoms with E-state index in [1.165, 1.54) is 33.4 Å². The Balaban J connectivity index is 0.000000160. The summed E-state index contributed by atoms with van der Waals surface area (Å²) in [6, 6.07) is 45.6. The second kappa shape index (κ2) is 20.1. The van der Waals surface area contributed by atoms with Crippen molar-refractivity contribution in [2.24, 2.45) is 20.5 Å². The van der Waals surface area contributed by atoms with E-state index in [1.54, 1.807) is 0 Å². The fourth-order valence-electron chi connectivity index (χ4n) is 10.7. The highest BCUT2D eigenvalue weighted by atomic mass is 28.3. The maximum absolute atomic E-state index is 13.8. The average Bonchev–Trinajstić information content (AvgIpc) is 3.67. The number of ketones is 1. The Morgan fingerprint density at radius 2 is 0.940 bits per heavy atom. The summed E-state index contributed by atoms with van der Waals surface area (Å²) in [7, 11) is -1.21. The normalized spacial score (nSPS) is 16.7. The number of hydrogen-bond acceptors (Lipinski definition) is 4. The van der Waals surface area contributed by atoms with Crippen molar-refractivity contribution in [3.05, 3.63) is 207 Å². The van der Waals surface area contributed by atoms with Gasteiger partial charge in [-0.2, -0.15) is 10.3 Å². The first kappa shape index (κ1) is 46.3. The molecule has 0 saturated carbocycles. The number of fused-ring (bicyclic) bond motifs is 4. The van der Waals surface area contributed by atoms with Crippen LogP contribution in [0.2, 0.25) is 19.6 Å². The van der Waals surface area contributed by atoms with Crippen LogP contribution in [0, 0.1) is 35.4 Å². The van der Waals surface area contributed by atoms with Gasteiger partial charge in [0.15, 0.2) is 25.4 Å². The van der Waals surface area contributed by atoms with Crippen molar-refractivity contribution in [1.29, 1.82) is 5.26 Å². The molecule has 0 radical (unpaired) electrons. The first-order valence-corrected chi connectivity index (χ1v) is 27.0. The summed E-state index contributed by atoms with van der Waals surface area (Å²) in [6.45, 7) is 24.4. The second-order valence-corrected chi connectivity index (χ2v) is 24.1. The van der Waals surface area contributed by atoms with Gasteiger partial charge in [-0.05, 0) is 189 Å². The summed E-state index contributed by atoms with van der Waals surface area (Å²) in [5.41, 5.74) is 16.2. The maximum Gasteiger partial charge on any atom is 0.205 e. The van der Waals surface area contributed by atoms with Crippen LogP contribution in [0.15, 0.2) is 150 Å². The first-order chi connectivity index (χ1) is 32.5. The van der Waals surface area contributed by atoms with Gasteiger partial charge in [0.25, 0.3) is 0 Å². The maximum atomic E-state index is 13.8. The number of carbonyl (C=O) groups excluding carboxylic acids is 1. The molecule has 0 amide bonds. The molecule has 6 aromatic rings. The third-order valence-corrected chi connectivity index (χ3v) is 15.2. The number of Topliss-reactive ketones (excluding diaryl/α,β-unsaturated/α-hetero) is 1. The number of nitrogens with zero attached hydrogens (tertiary/aromatic N) is 5. The lowest BCUT2D eigenvalue weighted by molar-refractivity contribution is 0.0724. The van der Waals surface area contributed by atoms with E-state index in [-0.39, 0.29) is 10.8 Å². The largest absolute Gasteiger partial charge is 0.294 e. The Labute approximate surface area is 398 Å². The van der Waals surface area contributed by atoms with Crippen LogP contribution < -0.4 is 0 Å². The van der Waals surface area contributed by atoms with E-state index in [4.69, 9.17) is 13.1 Å². The molecule has 0 aromatic heterocycles. The third kappa shape index (κ3) is 10.3. The van der Waals surface area contributed by atoms with Gasteiger partial charge >= 0.3 is 0 Å². The lowest BCUT2D eigenvalue weighted by Gasteiger charge is -2.39. The Morgan fingerprint density at radius 3 is 1.34 bits per heavy atom. The molecular weight excluding hydrogens is 835 g/mol. The summed E-state index contributed by atoms with van der Waals surface area (Å²) < 4.78 is 4.03. The molecule has 0 N–H and O–H groups in total. The van der Waals surface area contributed by atoms with Gasteiger partial charge in [0.2, 0.25) is 6.19 Å². The zero-order chi connectivity index (χ0) is 47.0. The number of benzene rings is 6. The number of aryl methyl sites for hydroxylation is 6. The molecule has 332 valence electrons. The van der Waals surface area contributed by atoms with Gasteiger partial charge in [0.05, 0.1) is 18.9 Å². The van der Waals surface area contributed by atoms with Gasteiger partial charge in [0, 0.05) is 22.0 Å².